The topological polar surface area (TPSA) is 80.8 Å². The number of ether oxygens (including phenoxy) is 1. The molecule has 1 fully saturated rings. The van der Waals surface area contributed by atoms with Crippen molar-refractivity contribution in [2.45, 2.75) is 56.3 Å². The molecule has 0 unspecified atom stereocenters. The SMILES string of the molecule is CC(C)N(C(=O)COC(=O)c1ccccc1S[C@H]1CCS(=O)(=O)C1)C(C)C. The number of rotatable bonds is 7. The molecule has 8 heteroatoms. The number of hydrogen-bond donors (Lipinski definition) is 0. The lowest BCUT2D eigenvalue weighted by atomic mass is 10.2. The lowest BCUT2D eigenvalue weighted by Gasteiger charge is -2.30. The fraction of sp³-hybridized carbons (Fsp3) is 0.579. The van der Waals surface area contributed by atoms with Gasteiger partial charge in [0.05, 0.1) is 17.1 Å². The lowest BCUT2D eigenvalue weighted by Crippen LogP contribution is -2.44. The monoisotopic (exact) mass is 413 g/mol. The van der Waals surface area contributed by atoms with Gasteiger partial charge in [-0.25, -0.2) is 13.2 Å². The second-order valence-electron chi connectivity index (χ2n) is 7.20. The molecular weight excluding hydrogens is 386 g/mol. The predicted molar refractivity (Wildman–Crippen MR) is 107 cm³/mol. The van der Waals surface area contributed by atoms with E-state index in [0.29, 0.717) is 16.9 Å². The minimum atomic E-state index is -2.98. The molecule has 27 heavy (non-hydrogen) atoms. The summed E-state index contributed by atoms with van der Waals surface area (Å²) in [6.07, 6.45) is 0.576. The molecule has 0 bridgehead atoms. The zero-order valence-corrected chi connectivity index (χ0v) is 17.8. The van der Waals surface area contributed by atoms with Crippen molar-refractivity contribution in [1.82, 2.24) is 4.90 Å². The van der Waals surface area contributed by atoms with Crippen LogP contribution in [0.4, 0.5) is 0 Å². The molecule has 0 spiro atoms. The molecule has 0 radical (unpaired) electrons. The van der Waals surface area contributed by atoms with E-state index in [9.17, 15) is 18.0 Å². The minimum absolute atomic E-state index is 0.0170. The summed E-state index contributed by atoms with van der Waals surface area (Å²) < 4.78 is 28.6. The van der Waals surface area contributed by atoms with Crippen LogP contribution in [0.25, 0.3) is 0 Å². The Bertz CT molecular complexity index is 781. The van der Waals surface area contributed by atoms with Gasteiger partial charge in [0.1, 0.15) is 0 Å². The highest BCUT2D eigenvalue weighted by Crippen LogP contribution is 2.33. The summed E-state index contributed by atoms with van der Waals surface area (Å²) in [4.78, 5) is 27.2. The quantitative estimate of drug-likeness (QED) is 0.640. The number of sulfone groups is 1. The maximum Gasteiger partial charge on any atom is 0.339 e. The standard InChI is InChI=1S/C19H27NO5S2/c1-13(2)20(14(3)4)18(21)11-25-19(22)16-7-5-6-8-17(16)26-15-9-10-27(23,24)12-15/h5-8,13-15H,9-12H2,1-4H3/t15-/m0/s1. The van der Waals surface area contributed by atoms with Crippen LogP contribution in [0.15, 0.2) is 29.2 Å². The molecule has 1 aromatic rings. The summed E-state index contributed by atoms with van der Waals surface area (Å²) in [6, 6.07) is 6.98. The van der Waals surface area contributed by atoms with Gasteiger partial charge in [-0.3, -0.25) is 4.79 Å². The summed E-state index contributed by atoms with van der Waals surface area (Å²) in [6.45, 7) is 7.36. The Balaban J connectivity index is 2.03. The van der Waals surface area contributed by atoms with E-state index in [1.165, 1.54) is 11.8 Å². The zero-order valence-electron chi connectivity index (χ0n) is 16.2. The van der Waals surface area contributed by atoms with Crippen molar-refractivity contribution in [3.8, 4) is 0 Å². The first-order valence-corrected chi connectivity index (χ1v) is 11.7. The van der Waals surface area contributed by atoms with Crippen LogP contribution in [-0.2, 0) is 19.4 Å². The summed E-state index contributed by atoms with van der Waals surface area (Å²) >= 11 is 1.38. The van der Waals surface area contributed by atoms with Crippen LogP contribution in [0.1, 0.15) is 44.5 Å². The van der Waals surface area contributed by atoms with Crippen LogP contribution in [0.3, 0.4) is 0 Å². The molecule has 0 aliphatic carbocycles. The van der Waals surface area contributed by atoms with Gasteiger partial charge in [-0.1, -0.05) is 12.1 Å². The number of carbonyl (C=O) groups excluding carboxylic acids is 2. The summed E-state index contributed by atoms with van der Waals surface area (Å²) in [5.74, 6) is -0.497. The van der Waals surface area contributed by atoms with Crippen molar-refractivity contribution < 1.29 is 22.7 Å². The summed E-state index contributed by atoms with van der Waals surface area (Å²) in [5, 5.41) is -0.0667. The van der Waals surface area contributed by atoms with Gasteiger partial charge in [-0.15, -0.1) is 11.8 Å². The van der Waals surface area contributed by atoms with Gasteiger partial charge in [0.2, 0.25) is 0 Å². The van der Waals surface area contributed by atoms with Crippen molar-refractivity contribution in [3.05, 3.63) is 29.8 Å². The van der Waals surface area contributed by atoms with Crippen LogP contribution in [-0.4, -0.2) is 60.6 Å². The number of amides is 1. The van der Waals surface area contributed by atoms with Crippen LogP contribution in [0.2, 0.25) is 0 Å². The van der Waals surface area contributed by atoms with E-state index in [-0.39, 0.29) is 41.4 Å². The molecule has 0 saturated carbocycles. The largest absolute Gasteiger partial charge is 0.452 e. The van der Waals surface area contributed by atoms with E-state index >= 15 is 0 Å². The number of esters is 1. The van der Waals surface area contributed by atoms with Crippen molar-refractivity contribution in [2.24, 2.45) is 0 Å². The number of carbonyl (C=O) groups is 2. The predicted octanol–water partition coefficient (Wildman–Crippen LogP) is 2.77. The normalized spacial score (nSPS) is 18.7. The Morgan fingerprint density at radius 1 is 1.19 bits per heavy atom. The van der Waals surface area contributed by atoms with E-state index in [1.807, 2.05) is 27.7 Å². The first-order chi connectivity index (χ1) is 12.6. The third-order valence-electron chi connectivity index (χ3n) is 4.32. The average molecular weight is 414 g/mol. The molecule has 150 valence electrons. The molecule has 0 N–H and O–H groups in total. The Morgan fingerprint density at radius 2 is 1.81 bits per heavy atom. The second kappa shape index (κ2) is 9.10. The van der Waals surface area contributed by atoms with Gasteiger partial charge in [-0.2, -0.15) is 0 Å². The molecule has 1 atom stereocenters. The molecule has 1 aliphatic heterocycles. The highest BCUT2D eigenvalue weighted by Gasteiger charge is 2.30. The molecule has 1 saturated heterocycles. The van der Waals surface area contributed by atoms with Crippen molar-refractivity contribution >= 4 is 33.5 Å². The van der Waals surface area contributed by atoms with Gasteiger partial charge in [-0.05, 0) is 46.2 Å². The number of thioether (sulfide) groups is 1. The first kappa shape index (κ1) is 21.8. The number of nitrogens with zero attached hydrogens (tertiary/aromatic N) is 1. The van der Waals surface area contributed by atoms with E-state index in [2.05, 4.69) is 0 Å². The molecule has 0 aromatic heterocycles. The minimum Gasteiger partial charge on any atom is -0.452 e. The maximum atomic E-state index is 12.5. The second-order valence-corrected chi connectivity index (χ2v) is 10.8. The van der Waals surface area contributed by atoms with Gasteiger partial charge in [0, 0.05) is 22.2 Å². The molecule has 1 amide bonds. The van der Waals surface area contributed by atoms with E-state index in [1.54, 1.807) is 29.2 Å². The summed E-state index contributed by atoms with van der Waals surface area (Å²) in [7, 11) is -2.98. The van der Waals surface area contributed by atoms with Crippen molar-refractivity contribution in [3.63, 3.8) is 0 Å². The lowest BCUT2D eigenvalue weighted by molar-refractivity contribution is -0.138. The van der Waals surface area contributed by atoms with Crippen LogP contribution >= 0.6 is 11.8 Å². The fourth-order valence-corrected chi connectivity index (χ4v) is 6.84. The van der Waals surface area contributed by atoms with Crippen LogP contribution < -0.4 is 0 Å². The Morgan fingerprint density at radius 3 is 2.37 bits per heavy atom. The fourth-order valence-electron chi connectivity index (χ4n) is 3.22. The molecule has 2 rings (SSSR count). The van der Waals surface area contributed by atoms with Gasteiger partial charge >= 0.3 is 5.97 Å². The van der Waals surface area contributed by atoms with E-state index < -0.39 is 15.8 Å². The van der Waals surface area contributed by atoms with Gasteiger partial charge < -0.3 is 9.64 Å². The number of benzene rings is 1. The third kappa shape index (κ3) is 5.97. The first-order valence-electron chi connectivity index (χ1n) is 9.05. The van der Waals surface area contributed by atoms with E-state index in [4.69, 9.17) is 4.74 Å². The van der Waals surface area contributed by atoms with Gasteiger partial charge in [0.15, 0.2) is 16.4 Å². The molecule has 6 nitrogen and oxygen atoms in total. The summed E-state index contributed by atoms with van der Waals surface area (Å²) in [5.41, 5.74) is 0.361. The average Bonchev–Trinajstić information content (AvgIpc) is 2.91. The molecule has 1 heterocycles. The zero-order chi connectivity index (χ0) is 20.2. The highest BCUT2D eigenvalue weighted by molar-refractivity contribution is 8.02. The van der Waals surface area contributed by atoms with Crippen LogP contribution in [0.5, 0.6) is 0 Å². The molecule has 1 aromatic carbocycles. The highest BCUT2D eigenvalue weighted by atomic mass is 32.2. The Hall–Kier alpha value is -1.54. The molecular formula is C19H27NO5S2. The Kier molecular flexibility index (Phi) is 7.33. The van der Waals surface area contributed by atoms with Crippen molar-refractivity contribution in [2.75, 3.05) is 18.1 Å². The van der Waals surface area contributed by atoms with Crippen molar-refractivity contribution in [1.29, 1.82) is 0 Å². The van der Waals surface area contributed by atoms with E-state index in [0.717, 1.165) is 0 Å². The number of hydrogen-bond acceptors (Lipinski definition) is 6. The smallest absolute Gasteiger partial charge is 0.339 e. The van der Waals surface area contributed by atoms with Gasteiger partial charge in [0.25, 0.3) is 5.91 Å². The Labute approximate surface area is 165 Å². The maximum absolute atomic E-state index is 12.5. The third-order valence-corrected chi connectivity index (χ3v) is 7.64. The molecule has 1 aliphatic rings. The van der Waals surface area contributed by atoms with Crippen LogP contribution in [0, 0.1) is 0 Å².